The smallest absolute Gasteiger partial charge is 0.241 e. The number of rotatable bonds is 8. The van der Waals surface area contributed by atoms with E-state index in [-0.39, 0.29) is 16.7 Å². The van der Waals surface area contributed by atoms with Gasteiger partial charge in [0.05, 0.1) is 4.90 Å². The lowest BCUT2D eigenvalue weighted by atomic mass is 10.0. The van der Waals surface area contributed by atoms with Gasteiger partial charge in [-0.1, -0.05) is 29.8 Å². The minimum atomic E-state index is -3.76. The van der Waals surface area contributed by atoms with Gasteiger partial charge in [-0.3, -0.25) is 4.79 Å². The Hall–Kier alpha value is -0.960. The average Bonchev–Trinajstić information content (AvgIpc) is 3.10. The molecule has 1 amide bonds. The second-order valence-corrected chi connectivity index (χ2v) is 9.74. The monoisotopic (exact) mass is 445 g/mol. The Balaban J connectivity index is 2.04. The van der Waals surface area contributed by atoms with Crippen LogP contribution >= 0.6 is 15.9 Å². The number of nitrogens with one attached hydrogen (secondary N) is 1. The Bertz CT molecular complexity index is 701. The lowest BCUT2D eigenvalue weighted by Crippen LogP contribution is -2.51. The molecule has 1 aromatic carbocycles. The van der Waals surface area contributed by atoms with Crippen LogP contribution in [0.5, 0.6) is 0 Å². The number of halogens is 1. The summed E-state index contributed by atoms with van der Waals surface area (Å²) in [5.41, 5.74) is 0. The third-order valence-electron chi connectivity index (χ3n) is 4.67. The highest BCUT2D eigenvalue weighted by atomic mass is 79.9. The van der Waals surface area contributed by atoms with E-state index < -0.39 is 16.1 Å². The maximum atomic E-state index is 12.8. The fourth-order valence-electron chi connectivity index (χ4n) is 2.97. The molecule has 1 aliphatic rings. The van der Waals surface area contributed by atoms with Crippen molar-refractivity contribution in [2.75, 3.05) is 33.2 Å². The SMILES string of the molecule is CC(C)[C@H](NS(=O)(=O)c1ccc(Br)cc1)C(=O)N(C)CCN1CCCC1. The third-order valence-corrected chi connectivity index (χ3v) is 6.65. The molecule has 2 rings (SSSR count). The van der Waals surface area contributed by atoms with Crippen LogP contribution in [0.25, 0.3) is 0 Å². The van der Waals surface area contributed by atoms with Crippen molar-refractivity contribution in [3.63, 3.8) is 0 Å². The normalized spacial score (nSPS) is 16.8. The van der Waals surface area contributed by atoms with Crippen LogP contribution in [0.4, 0.5) is 0 Å². The molecule has 1 saturated heterocycles. The van der Waals surface area contributed by atoms with Gasteiger partial charge in [0.1, 0.15) is 6.04 Å². The molecule has 8 heteroatoms. The molecule has 1 N–H and O–H groups in total. The number of hydrogen-bond acceptors (Lipinski definition) is 4. The van der Waals surface area contributed by atoms with Crippen molar-refractivity contribution in [3.8, 4) is 0 Å². The van der Waals surface area contributed by atoms with Crippen molar-refractivity contribution in [3.05, 3.63) is 28.7 Å². The van der Waals surface area contributed by atoms with E-state index in [9.17, 15) is 13.2 Å². The van der Waals surface area contributed by atoms with Crippen LogP contribution in [0.1, 0.15) is 26.7 Å². The molecular weight excluding hydrogens is 418 g/mol. The van der Waals surface area contributed by atoms with Crippen LogP contribution < -0.4 is 4.72 Å². The molecule has 1 aliphatic heterocycles. The molecule has 146 valence electrons. The fraction of sp³-hybridized carbons (Fsp3) is 0.611. The van der Waals surface area contributed by atoms with Gasteiger partial charge in [0, 0.05) is 24.6 Å². The molecule has 0 bridgehead atoms. The van der Waals surface area contributed by atoms with Crippen LogP contribution in [0, 0.1) is 5.92 Å². The lowest BCUT2D eigenvalue weighted by Gasteiger charge is -2.28. The number of benzene rings is 1. The molecule has 6 nitrogen and oxygen atoms in total. The summed E-state index contributed by atoms with van der Waals surface area (Å²) in [5.74, 6) is -0.346. The molecule has 26 heavy (non-hydrogen) atoms. The van der Waals surface area contributed by atoms with E-state index >= 15 is 0 Å². The number of likely N-dealkylation sites (N-methyl/N-ethyl adjacent to an activating group) is 1. The average molecular weight is 446 g/mol. The summed E-state index contributed by atoms with van der Waals surface area (Å²) in [7, 11) is -2.02. The van der Waals surface area contributed by atoms with Crippen molar-refractivity contribution in [1.29, 1.82) is 0 Å². The zero-order valence-electron chi connectivity index (χ0n) is 15.6. The maximum Gasteiger partial charge on any atom is 0.241 e. The summed E-state index contributed by atoms with van der Waals surface area (Å²) >= 11 is 3.29. The summed E-state index contributed by atoms with van der Waals surface area (Å²) in [6.07, 6.45) is 2.42. The highest BCUT2D eigenvalue weighted by Gasteiger charge is 2.30. The van der Waals surface area contributed by atoms with Crippen LogP contribution in [-0.4, -0.2) is 63.4 Å². The first-order valence-corrected chi connectivity index (χ1v) is 11.2. The standard InChI is InChI=1S/C18H28BrN3O3S/c1-14(2)17(18(23)21(3)12-13-22-10-4-5-11-22)20-26(24,25)16-8-6-15(19)7-9-16/h6-9,14,17,20H,4-5,10-13H2,1-3H3/t17-/m0/s1. The molecule has 0 spiro atoms. The zero-order chi connectivity index (χ0) is 19.3. The van der Waals surface area contributed by atoms with Gasteiger partial charge >= 0.3 is 0 Å². The summed E-state index contributed by atoms with van der Waals surface area (Å²) in [5, 5.41) is 0. The predicted molar refractivity (Wildman–Crippen MR) is 106 cm³/mol. The van der Waals surface area contributed by atoms with Crippen LogP contribution in [0.15, 0.2) is 33.6 Å². The minimum absolute atomic E-state index is 0.151. The van der Waals surface area contributed by atoms with Crippen LogP contribution in [-0.2, 0) is 14.8 Å². The van der Waals surface area contributed by atoms with Crippen molar-refractivity contribution in [2.45, 2.75) is 37.6 Å². The quantitative estimate of drug-likeness (QED) is 0.666. The predicted octanol–water partition coefficient (Wildman–Crippen LogP) is 2.31. The van der Waals surface area contributed by atoms with E-state index in [1.165, 1.54) is 25.0 Å². The van der Waals surface area contributed by atoms with E-state index in [2.05, 4.69) is 25.6 Å². The van der Waals surface area contributed by atoms with Crippen molar-refractivity contribution in [1.82, 2.24) is 14.5 Å². The number of carbonyl (C=O) groups is 1. The van der Waals surface area contributed by atoms with Gasteiger partial charge < -0.3 is 9.80 Å². The van der Waals surface area contributed by atoms with Crippen LogP contribution in [0.3, 0.4) is 0 Å². The van der Waals surface area contributed by atoms with Gasteiger partial charge in [0.25, 0.3) is 0 Å². The van der Waals surface area contributed by atoms with Gasteiger partial charge in [-0.2, -0.15) is 4.72 Å². The number of carbonyl (C=O) groups excluding carboxylic acids is 1. The third kappa shape index (κ3) is 5.77. The number of hydrogen-bond donors (Lipinski definition) is 1. The van der Waals surface area contributed by atoms with E-state index in [4.69, 9.17) is 0 Å². The zero-order valence-corrected chi connectivity index (χ0v) is 18.0. The van der Waals surface area contributed by atoms with E-state index in [0.29, 0.717) is 6.54 Å². The molecule has 1 aromatic rings. The Kier molecular flexibility index (Phi) is 7.63. The molecule has 1 atom stereocenters. The van der Waals surface area contributed by atoms with Crippen LogP contribution in [0.2, 0.25) is 0 Å². The Morgan fingerprint density at radius 3 is 2.35 bits per heavy atom. The summed E-state index contributed by atoms with van der Waals surface area (Å²) in [6, 6.07) is 5.59. The van der Waals surface area contributed by atoms with Gasteiger partial charge in [-0.05, 0) is 56.1 Å². The van der Waals surface area contributed by atoms with E-state index in [1.807, 2.05) is 13.8 Å². The summed E-state index contributed by atoms with van der Waals surface area (Å²) in [4.78, 5) is 16.9. The summed E-state index contributed by atoms with van der Waals surface area (Å²) < 4.78 is 28.7. The lowest BCUT2D eigenvalue weighted by molar-refractivity contribution is -0.132. The number of amides is 1. The van der Waals surface area contributed by atoms with Gasteiger partial charge in [-0.15, -0.1) is 0 Å². The number of nitrogens with zero attached hydrogens (tertiary/aromatic N) is 2. The molecule has 1 heterocycles. The molecular formula is C18H28BrN3O3S. The highest BCUT2D eigenvalue weighted by molar-refractivity contribution is 9.10. The second-order valence-electron chi connectivity index (χ2n) is 7.11. The fourth-order valence-corrected chi connectivity index (χ4v) is 4.57. The topological polar surface area (TPSA) is 69.7 Å². The molecule has 0 aliphatic carbocycles. The maximum absolute atomic E-state index is 12.8. The molecule has 0 aromatic heterocycles. The number of likely N-dealkylation sites (tertiary alicyclic amines) is 1. The molecule has 0 radical (unpaired) electrons. The molecule has 1 fully saturated rings. The first-order valence-electron chi connectivity index (χ1n) is 8.96. The van der Waals surface area contributed by atoms with Crippen molar-refractivity contribution < 1.29 is 13.2 Å². The highest BCUT2D eigenvalue weighted by Crippen LogP contribution is 2.17. The first-order chi connectivity index (χ1) is 12.2. The molecule has 0 unspecified atom stereocenters. The van der Waals surface area contributed by atoms with E-state index in [1.54, 1.807) is 24.1 Å². The first kappa shape index (κ1) is 21.3. The van der Waals surface area contributed by atoms with Crippen molar-refractivity contribution in [2.24, 2.45) is 5.92 Å². The number of sulfonamides is 1. The van der Waals surface area contributed by atoms with Crippen molar-refractivity contribution >= 4 is 31.9 Å². The second kappa shape index (κ2) is 9.30. The Morgan fingerprint density at radius 1 is 1.23 bits per heavy atom. The molecule has 0 saturated carbocycles. The van der Waals surface area contributed by atoms with Gasteiger partial charge in [0.2, 0.25) is 15.9 Å². The van der Waals surface area contributed by atoms with E-state index in [0.717, 1.165) is 24.1 Å². The minimum Gasteiger partial charge on any atom is -0.343 e. The summed E-state index contributed by atoms with van der Waals surface area (Å²) in [6.45, 7) is 7.27. The van der Waals surface area contributed by atoms with Gasteiger partial charge in [0.15, 0.2) is 0 Å². The van der Waals surface area contributed by atoms with Gasteiger partial charge in [-0.25, -0.2) is 8.42 Å². The Labute approximate surface area is 165 Å². The largest absolute Gasteiger partial charge is 0.343 e. The Morgan fingerprint density at radius 2 is 1.81 bits per heavy atom.